The van der Waals surface area contributed by atoms with E-state index in [2.05, 4.69) is 5.32 Å². The third-order valence-electron chi connectivity index (χ3n) is 5.41. The summed E-state index contributed by atoms with van der Waals surface area (Å²) in [5.74, 6) is -0.298. The Morgan fingerprint density at radius 3 is 2.52 bits per heavy atom. The number of phenols is 1. The number of carbonyl (C=O) groups is 2. The highest BCUT2D eigenvalue weighted by Gasteiger charge is 2.31. The number of ether oxygens (including phenoxy) is 2. The maximum atomic E-state index is 12.4. The van der Waals surface area contributed by atoms with Gasteiger partial charge in [-0.15, -0.1) is 0 Å². The highest BCUT2D eigenvalue weighted by Crippen LogP contribution is 2.47. The number of phenolic OH excluding ortho intramolecular Hbond substituents is 1. The Labute approximate surface area is 195 Å². The zero-order valence-electron chi connectivity index (χ0n) is 20.0. The molecular weight excluding hydrogens is 449 g/mol. The summed E-state index contributed by atoms with van der Waals surface area (Å²) in [5.41, 5.74) is 3.08. The molecule has 10 heteroatoms. The van der Waals surface area contributed by atoms with Crippen LogP contribution in [0.3, 0.4) is 0 Å². The Morgan fingerprint density at radius 2 is 1.91 bits per heavy atom. The standard InChI is InChI=1S/C23H34NO8P/c1-6-31-33(28,32-7-2)13-12-24-19(25)11-9-15(3)8-10-17-21(26)20-18(14-30-23(20)27)16(4)22(17)29-5/h8,26H,6-7,9-14H2,1-5H3,(H,24,25). The third-order valence-corrected chi connectivity index (χ3v) is 7.48. The fourth-order valence-electron chi connectivity index (χ4n) is 3.70. The molecule has 1 aromatic rings. The number of rotatable bonds is 13. The monoisotopic (exact) mass is 483 g/mol. The SMILES string of the molecule is CCOP(=O)(CCNC(=O)CCC(C)=CCc1c(O)c2c(c(C)c1OC)COC2=O)OCC. The molecule has 1 aromatic carbocycles. The number of allylic oxidation sites excluding steroid dienone is 2. The summed E-state index contributed by atoms with van der Waals surface area (Å²) in [6.45, 7) is 8.09. The molecule has 0 saturated heterocycles. The van der Waals surface area contributed by atoms with Gasteiger partial charge in [0.15, 0.2) is 0 Å². The van der Waals surface area contributed by atoms with Gasteiger partial charge < -0.3 is 28.9 Å². The minimum absolute atomic E-state index is 0.119. The minimum atomic E-state index is -3.18. The number of hydrogen-bond acceptors (Lipinski definition) is 8. The Hall–Kier alpha value is -2.35. The van der Waals surface area contributed by atoms with Crippen molar-refractivity contribution in [3.63, 3.8) is 0 Å². The fraction of sp³-hybridized carbons (Fsp3) is 0.565. The van der Waals surface area contributed by atoms with E-state index < -0.39 is 13.6 Å². The lowest BCUT2D eigenvalue weighted by atomic mass is 9.94. The van der Waals surface area contributed by atoms with Crippen LogP contribution in [0, 0.1) is 6.92 Å². The van der Waals surface area contributed by atoms with Crippen molar-refractivity contribution < 1.29 is 37.8 Å². The molecule has 0 spiro atoms. The van der Waals surface area contributed by atoms with Crippen LogP contribution in [0.2, 0.25) is 0 Å². The first-order valence-corrected chi connectivity index (χ1v) is 12.8. The molecule has 2 rings (SSSR count). The molecule has 1 aliphatic rings. The number of esters is 1. The first-order valence-electron chi connectivity index (χ1n) is 11.1. The van der Waals surface area contributed by atoms with Gasteiger partial charge in [-0.05, 0) is 46.1 Å². The lowest BCUT2D eigenvalue weighted by Crippen LogP contribution is -2.26. The molecule has 1 heterocycles. The van der Waals surface area contributed by atoms with Gasteiger partial charge in [-0.25, -0.2) is 4.79 Å². The molecule has 0 bridgehead atoms. The summed E-state index contributed by atoms with van der Waals surface area (Å²) in [6, 6.07) is 0. The predicted octanol–water partition coefficient (Wildman–Crippen LogP) is 4.03. The van der Waals surface area contributed by atoms with E-state index in [0.717, 1.165) is 11.1 Å². The van der Waals surface area contributed by atoms with E-state index >= 15 is 0 Å². The highest BCUT2D eigenvalue weighted by molar-refractivity contribution is 7.53. The normalized spacial score (nSPS) is 13.6. The molecule has 9 nitrogen and oxygen atoms in total. The second-order valence-corrected chi connectivity index (χ2v) is 9.88. The van der Waals surface area contributed by atoms with Crippen molar-refractivity contribution in [2.75, 3.05) is 33.0 Å². The van der Waals surface area contributed by atoms with Gasteiger partial charge in [0, 0.05) is 24.1 Å². The molecule has 0 saturated carbocycles. The quantitative estimate of drug-likeness (QED) is 0.245. The Morgan fingerprint density at radius 1 is 1.24 bits per heavy atom. The molecule has 33 heavy (non-hydrogen) atoms. The van der Waals surface area contributed by atoms with Gasteiger partial charge in [0.1, 0.15) is 23.7 Å². The van der Waals surface area contributed by atoms with Gasteiger partial charge in [-0.3, -0.25) is 9.36 Å². The molecule has 0 aromatic heterocycles. The number of nitrogens with one attached hydrogen (secondary N) is 1. The number of hydrogen-bond donors (Lipinski definition) is 2. The van der Waals surface area contributed by atoms with Crippen LogP contribution in [0.4, 0.5) is 0 Å². The van der Waals surface area contributed by atoms with E-state index in [-0.39, 0.29) is 56.2 Å². The molecule has 1 amide bonds. The smallest absolute Gasteiger partial charge is 0.342 e. The number of carbonyl (C=O) groups excluding carboxylic acids is 2. The Bertz CT molecular complexity index is 947. The number of methoxy groups -OCH3 is 1. The van der Waals surface area contributed by atoms with E-state index in [9.17, 15) is 19.3 Å². The molecule has 0 fully saturated rings. The van der Waals surface area contributed by atoms with Crippen LogP contribution < -0.4 is 10.1 Å². The molecule has 0 atom stereocenters. The second-order valence-electron chi connectivity index (χ2n) is 7.69. The number of benzene rings is 1. The Kier molecular flexibility index (Phi) is 9.95. The first-order chi connectivity index (χ1) is 15.7. The highest BCUT2D eigenvalue weighted by atomic mass is 31.2. The van der Waals surface area contributed by atoms with E-state index in [1.807, 2.05) is 19.9 Å². The lowest BCUT2D eigenvalue weighted by molar-refractivity contribution is -0.120. The van der Waals surface area contributed by atoms with Crippen molar-refractivity contribution in [3.05, 3.63) is 33.9 Å². The van der Waals surface area contributed by atoms with Crippen molar-refractivity contribution >= 4 is 19.5 Å². The Balaban J connectivity index is 1.94. The van der Waals surface area contributed by atoms with Gasteiger partial charge in [0.2, 0.25) is 5.91 Å². The van der Waals surface area contributed by atoms with Crippen molar-refractivity contribution in [3.8, 4) is 11.5 Å². The number of fused-ring (bicyclic) bond motifs is 1. The number of amides is 1. The minimum Gasteiger partial charge on any atom is -0.507 e. The number of aromatic hydroxyl groups is 1. The van der Waals surface area contributed by atoms with Crippen molar-refractivity contribution in [2.24, 2.45) is 0 Å². The van der Waals surface area contributed by atoms with E-state index in [1.54, 1.807) is 13.8 Å². The maximum Gasteiger partial charge on any atom is 0.342 e. The van der Waals surface area contributed by atoms with Crippen LogP contribution in [0.15, 0.2) is 11.6 Å². The summed E-state index contributed by atoms with van der Waals surface area (Å²) >= 11 is 0. The second kappa shape index (κ2) is 12.2. The van der Waals surface area contributed by atoms with Crippen LogP contribution in [-0.2, 0) is 36.2 Å². The van der Waals surface area contributed by atoms with E-state index in [4.69, 9.17) is 18.5 Å². The molecule has 1 aliphatic heterocycles. The third kappa shape index (κ3) is 6.82. The van der Waals surface area contributed by atoms with Crippen molar-refractivity contribution in [2.45, 2.75) is 53.6 Å². The molecule has 2 N–H and O–H groups in total. The van der Waals surface area contributed by atoms with Gasteiger partial charge in [-0.2, -0.15) is 0 Å². The van der Waals surface area contributed by atoms with Crippen LogP contribution in [0.1, 0.15) is 60.7 Å². The summed E-state index contributed by atoms with van der Waals surface area (Å²) in [7, 11) is -1.66. The van der Waals surface area contributed by atoms with Crippen molar-refractivity contribution in [1.82, 2.24) is 5.32 Å². The number of cyclic esters (lactones) is 1. The molecule has 184 valence electrons. The molecular formula is C23H34NO8P. The predicted molar refractivity (Wildman–Crippen MR) is 124 cm³/mol. The average molecular weight is 483 g/mol. The van der Waals surface area contributed by atoms with Crippen LogP contribution in [-0.4, -0.2) is 50.0 Å². The molecule has 0 unspecified atom stereocenters. The molecule has 0 aliphatic carbocycles. The topological polar surface area (TPSA) is 120 Å². The fourth-order valence-corrected chi connectivity index (χ4v) is 5.20. The lowest BCUT2D eigenvalue weighted by Gasteiger charge is -2.17. The van der Waals surface area contributed by atoms with Crippen LogP contribution in [0.25, 0.3) is 0 Å². The summed E-state index contributed by atoms with van der Waals surface area (Å²) in [4.78, 5) is 24.2. The van der Waals surface area contributed by atoms with Gasteiger partial charge >= 0.3 is 13.6 Å². The van der Waals surface area contributed by atoms with Gasteiger partial charge in [-0.1, -0.05) is 11.6 Å². The van der Waals surface area contributed by atoms with E-state index in [0.29, 0.717) is 29.7 Å². The summed E-state index contributed by atoms with van der Waals surface area (Å²) in [5, 5.41) is 13.4. The van der Waals surface area contributed by atoms with Gasteiger partial charge in [0.05, 0.1) is 26.5 Å². The molecule has 0 radical (unpaired) electrons. The first kappa shape index (κ1) is 26.9. The zero-order valence-corrected chi connectivity index (χ0v) is 20.9. The van der Waals surface area contributed by atoms with Crippen molar-refractivity contribution in [1.29, 1.82) is 0 Å². The summed E-state index contributed by atoms with van der Waals surface area (Å²) < 4.78 is 33.4. The van der Waals surface area contributed by atoms with E-state index in [1.165, 1.54) is 7.11 Å². The summed E-state index contributed by atoms with van der Waals surface area (Å²) in [6.07, 6.45) is 3.13. The van der Waals surface area contributed by atoms with Crippen LogP contribution in [0.5, 0.6) is 11.5 Å². The zero-order chi connectivity index (χ0) is 24.6. The van der Waals surface area contributed by atoms with Gasteiger partial charge in [0.25, 0.3) is 0 Å². The maximum absolute atomic E-state index is 12.4. The largest absolute Gasteiger partial charge is 0.507 e. The van der Waals surface area contributed by atoms with Crippen LogP contribution >= 0.6 is 7.60 Å². The average Bonchev–Trinajstić information content (AvgIpc) is 3.16.